The summed E-state index contributed by atoms with van der Waals surface area (Å²) in [6.45, 7) is 5.69. The van der Waals surface area contributed by atoms with E-state index in [4.69, 9.17) is 16.3 Å². The van der Waals surface area contributed by atoms with Crippen molar-refractivity contribution in [2.75, 3.05) is 56.2 Å². The molecule has 0 aromatic heterocycles. The average molecular weight is 488 g/mol. The van der Waals surface area contributed by atoms with Crippen LogP contribution in [-0.2, 0) is 4.79 Å². The quantitative estimate of drug-likeness (QED) is 0.415. The van der Waals surface area contributed by atoms with E-state index in [9.17, 15) is 4.79 Å². The van der Waals surface area contributed by atoms with Crippen molar-refractivity contribution in [1.29, 1.82) is 0 Å². The minimum absolute atomic E-state index is 0.0767. The van der Waals surface area contributed by atoms with Crippen LogP contribution in [0.3, 0.4) is 0 Å². The number of benzene rings is 3. The Labute approximate surface area is 212 Å². The number of carbonyl (C=O) groups is 1. The molecule has 0 radical (unpaired) electrons. The Balaban J connectivity index is 1.20. The second-order valence-electron chi connectivity index (χ2n) is 8.97. The van der Waals surface area contributed by atoms with E-state index >= 15 is 0 Å². The molecular weight excluding hydrogens is 458 g/mol. The zero-order valence-electron chi connectivity index (χ0n) is 20.0. The predicted octanol–water partition coefficient (Wildman–Crippen LogP) is 5.45. The number of carbonyl (C=O) groups excluding carboxylic acids is 1. The maximum Gasteiger partial charge on any atom is 0.258 e. The second-order valence-corrected chi connectivity index (χ2v) is 9.40. The highest BCUT2D eigenvalue weighted by molar-refractivity contribution is 6.35. The molecule has 2 aliphatic rings. The number of para-hydroxylation sites is 1. The largest absolute Gasteiger partial charge is 0.497 e. The van der Waals surface area contributed by atoms with E-state index in [1.165, 1.54) is 5.69 Å². The van der Waals surface area contributed by atoms with Crippen molar-refractivity contribution in [1.82, 2.24) is 4.90 Å². The highest BCUT2D eigenvalue weighted by Crippen LogP contribution is 2.37. The summed E-state index contributed by atoms with van der Waals surface area (Å²) >= 11 is 6.16. The number of nitrogens with zero attached hydrogens (tertiary/aromatic N) is 3. The highest BCUT2D eigenvalue weighted by atomic mass is 35.5. The van der Waals surface area contributed by atoms with E-state index in [1.807, 2.05) is 77.7 Å². The molecule has 1 amide bonds. The van der Waals surface area contributed by atoms with E-state index in [-0.39, 0.29) is 5.91 Å². The Kier molecular flexibility index (Phi) is 7.07. The number of fused-ring (bicyclic) bond motifs is 1. The molecule has 0 unspecified atom stereocenters. The third-order valence-electron chi connectivity index (χ3n) is 6.79. The first-order valence-electron chi connectivity index (χ1n) is 12.1. The minimum atomic E-state index is 0.0767. The standard InChI is InChI=1S/C29H30ClN3O2/c1-35-25-12-10-22(11-13-25)20-27-26-8-2-3-9-28(26)33(29(27)34)15-5-14-31-16-18-32(19-17-31)24-7-4-6-23(30)21-24/h2-4,6-13,20-21H,5,14-19H2,1H3/b27-20-. The number of amides is 1. The molecule has 6 heteroatoms. The van der Waals surface area contributed by atoms with Crippen molar-refractivity contribution in [3.63, 3.8) is 0 Å². The normalized spacial score (nSPS) is 17.2. The zero-order chi connectivity index (χ0) is 24.2. The molecule has 0 atom stereocenters. The van der Waals surface area contributed by atoms with Crippen molar-refractivity contribution in [2.24, 2.45) is 0 Å². The Bertz CT molecular complexity index is 1220. The molecule has 5 nitrogen and oxygen atoms in total. The minimum Gasteiger partial charge on any atom is -0.497 e. The van der Waals surface area contributed by atoms with E-state index in [0.717, 1.165) is 72.3 Å². The highest BCUT2D eigenvalue weighted by Gasteiger charge is 2.31. The molecule has 0 N–H and O–H groups in total. The predicted molar refractivity (Wildman–Crippen MR) is 144 cm³/mol. The Morgan fingerprint density at radius 1 is 0.914 bits per heavy atom. The van der Waals surface area contributed by atoms with Crippen molar-refractivity contribution in [3.05, 3.63) is 88.9 Å². The third-order valence-corrected chi connectivity index (χ3v) is 7.02. The molecule has 0 saturated carbocycles. The van der Waals surface area contributed by atoms with Crippen LogP contribution in [0.1, 0.15) is 17.5 Å². The number of ether oxygens (including phenoxy) is 1. The maximum atomic E-state index is 13.4. The summed E-state index contributed by atoms with van der Waals surface area (Å²) in [5.41, 5.74) is 4.93. The van der Waals surface area contributed by atoms with Gasteiger partial charge in [0.25, 0.3) is 5.91 Å². The summed E-state index contributed by atoms with van der Waals surface area (Å²) in [4.78, 5) is 20.2. The number of rotatable bonds is 7. The first kappa shape index (κ1) is 23.5. The summed E-state index contributed by atoms with van der Waals surface area (Å²) in [6.07, 6.45) is 2.92. The van der Waals surface area contributed by atoms with Gasteiger partial charge in [-0.15, -0.1) is 0 Å². The molecule has 1 saturated heterocycles. The topological polar surface area (TPSA) is 36.0 Å². The Morgan fingerprint density at radius 2 is 1.69 bits per heavy atom. The summed E-state index contributed by atoms with van der Waals surface area (Å²) < 4.78 is 5.25. The van der Waals surface area contributed by atoms with Crippen molar-refractivity contribution in [3.8, 4) is 5.75 Å². The van der Waals surface area contributed by atoms with Gasteiger partial charge in [0, 0.05) is 54.6 Å². The van der Waals surface area contributed by atoms with Crippen LogP contribution in [0.5, 0.6) is 5.75 Å². The SMILES string of the molecule is COc1ccc(/C=C2\C(=O)N(CCCN3CCN(c4cccc(Cl)c4)CC3)c3ccccc32)cc1. The maximum absolute atomic E-state index is 13.4. The van der Waals surface area contributed by atoms with Crippen LogP contribution in [0.15, 0.2) is 72.8 Å². The van der Waals surface area contributed by atoms with Crippen LogP contribution < -0.4 is 14.5 Å². The fraction of sp³-hybridized carbons (Fsp3) is 0.276. The number of anilines is 2. The van der Waals surface area contributed by atoms with Gasteiger partial charge in [-0.2, -0.15) is 0 Å². The van der Waals surface area contributed by atoms with Crippen LogP contribution in [-0.4, -0.2) is 57.2 Å². The molecule has 0 spiro atoms. The van der Waals surface area contributed by atoms with Gasteiger partial charge in [0.15, 0.2) is 0 Å². The first-order valence-corrected chi connectivity index (χ1v) is 12.5. The van der Waals surface area contributed by atoms with Gasteiger partial charge in [0.05, 0.1) is 12.8 Å². The zero-order valence-corrected chi connectivity index (χ0v) is 20.7. The van der Waals surface area contributed by atoms with Gasteiger partial charge in [-0.3, -0.25) is 9.69 Å². The smallest absolute Gasteiger partial charge is 0.258 e. The lowest BCUT2D eigenvalue weighted by Gasteiger charge is -2.36. The van der Waals surface area contributed by atoms with Gasteiger partial charge in [-0.25, -0.2) is 0 Å². The lowest BCUT2D eigenvalue weighted by molar-refractivity contribution is -0.113. The second kappa shape index (κ2) is 10.5. The molecule has 3 aromatic rings. The summed E-state index contributed by atoms with van der Waals surface area (Å²) in [6, 6.07) is 24.0. The monoisotopic (exact) mass is 487 g/mol. The van der Waals surface area contributed by atoms with Gasteiger partial charge in [-0.05, 0) is 61.0 Å². The fourth-order valence-electron chi connectivity index (χ4n) is 4.89. The Morgan fingerprint density at radius 3 is 2.43 bits per heavy atom. The first-order chi connectivity index (χ1) is 17.1. The van der Waals surface area contributed by atoms with Crippen LogP contribution in [0.2, 0.25) is 5.02 Å². The van der Waals surface area contributed by atoms with Crippen LogP contribution in [0.4, 0.5) is 11.4 Å². The molecule has 0 bridgehead atoms. The Hall–Kier alpha value is -3.28. The van der Waals surface area contributed by atoms with E-state index in [2.05, 4.69) is 15.9 Å². The number of piperazine rings is 1. The molecule has 3 aromatic carbocycles. The molecule has 2 heterocycles. The van der Waals surface area contributed by atoms with Gasteiger partial charge < -0.3 is 14.5 Å². The third kappa shape index (κ3) is 5.21. The van der Waals surface area contributed by atoms with Gasteiger partial charge >= 0.3 is 0 Å². The van der Waals surface area contributed by atoms with Gasteiger partial charge in [-0.1, -0.05) is 48.0 Å². The molecule has 5 rings (SSSR count). The van der Waals surface area contributed by atoms with E-state index < -0.39 is 0 Å². The van der Waals surface area contributed by atoms with E-state index in [1.54, 1.807) is 7.11 Å². The average Bonchev–Trinajstić information content (AvgIpc) is 3.15. The number of hydrogen-bond acceptors (Lipinski definition) is 4. The molecular formula is C29H30ClN3O2. The van der Waals surface area contributed by atoms with E-state index in [0.29, 0.717) is 6.54 Å². The molecule has 2 aliphatic heterocycles. The summed E-state index contributed by atoms with van der Waals surface area (Å²) in [5.74, 6) is 0.883. The molecule has 1 fully saturated rings. The summed E-state index contributed by atoms with van der Waals surface area (Å²) in [7, 11) is 1.65. The van der Waals surface area contributed by atoms with Crippen LogP contribution in [0, 0.1) is 0 Å². The van der Waals surface area contributed by atoms with Crippen molar-refractivity contribution >= 4 is 40.5 Å². The number of methoxy groups -OCH3 is 1. The number of halogens is 1. The van der Waals surface area contributed by atoms with Crippen LogP contribution in [0.25, 0.3) is 11.6 Å². The lowest BCUT2D eigenvalue weighted by Crippen LogP contribution is -2.47. The molecule has 0 aliphatic carbocycles. The fourth-order valence-corrected chi connectivity index (χ4v) is 5.07. The number of hydrogen-bond donors (Lipinski definition) is 0. The van der Waals surface area contributed by atoms with Crippen LogP contribution >= 0.6 is 11.6 Å². The van der Waals surface area contributed by atoms with Gasteiger partial charge in [0.2, 0.25) is 0 Å². The lowest BCUT2D eigenvalue weighted by atomic mass is 10.0. The van der Waals surface area contributed by atoms with Gasteiger partial charge in [0.1, 0.15) is 5.75 Å². The van der Waals surface area contributed by atoms with Crippen molar-refractivity contribution in [2.45, 2.75) is 6.42 Å². The molecule has 35 heavy (non-hydrogen) atoms. The van der Waals surface area contributed by atoms with Crippen molar-refractivity contribution < 1.29 is 9.53 Å². The summed E-state index contributed by atoms with van der Waals surface area (Å²) in [5, 5.41) is 0.779. The molecule has 180 valence electrons.